The van der Waals surface area contributed by atoms with Crippen molar-refractivity contribution in [1.29, 1.82) is 0 Å². The zero-order chi connectivity index (χ0) is 13.5. The van der Waals surface area contributed by atoms with Crippen LogP contribution in [0.4, 0.5) is 0 Å². The number of carbonyl (C=O) groups excluding carboxylic acids is 3. The molecule has 0 spiro atoms. The molecule has 0 aromatic heterocycles. The zero-order valence-corrected chi connectivity index (χ0v) is 10.3. The largest absolute Gasteiger partial charge is 0.325 e. The van der Waals surface area contributed by atoms with Gasteiger partial charge in [0.05, 0.1) is 0 Å². The predicted molar refractivity (Wildman–Crippen MR) is 65.9 cm³/mol. The number of imide groups is 1. The number of carbonyl (C=O) groups is 3. The molecule has 1 heterocycles. The fourth-order valence-electron chi connectivity index (χ4n) is 1.61. The van der Waals surface area contributed by atoms with Crippen molar-refractivity contribution in [3.05, 3.63) is 12.2 Å². The molecule has 1 unspecified atom stereocenters. The second-order valence-electron chi connectivity index (χ2n) is 3.97. The first kappa shape index (κ1) is 14.0. The minimum atomic E-state index is -1.01. The second-order valence-corrected chi connectivity index (χ2v) is 3.97. The van der Waals surface area contributed by atoms with Crippen LogP contribution >= 0.6 is 0 Å². The van der Waals surface area contributed by atoms with Gasteiger partial charge in [-0.25, -0.2) is 4.90 Å². The van der Waals surface area contributed by atoms with E-state index in [0.29, 0.717) is 6.42 Å². The molecule has 0 bridgehead atoms. The van der Waals surface area contributed by atoms with Crippen molar-refractivity contribution in [1.82, 2.24) is 10.2 Å². The fourth-order valence-corrected chi connectivity index (χ4v) is 1.61. The molecular formula is C13H16N2O3. The number of terminal acetylenes is 1. The van der Waals surface area contributed by atoms with Crippen LogP contribution in [0.3, 0.4) is 0 Å². The summed E-state index contributed by atoms with van der Waals surface area (Å²) in [7, 11) is 0. The fraction of sp³-hybridized carbons (Fsp3) is 0.462. The lowest BCUT2D eigenvalue weighted by Gasteiger charge is -2.22. The van der Waals surface area contributed by atoms with Gasteiger partial charge in [0.1, 0.15) is 0 Å². The third-order valence-electron chi connectivity index (χ3n) is 2.56. The highest BCUT2D eigenvalue weighted by molar-refractivity contribution is 6.13. The average molecular weight is 248 g/mol. The van der Waals surface area contributed by atoms with E-state index in [0.717, 1.165) is 36.3 Å². The third kappa shape index (κ3) is 3.45. The Morgan fingerprint density at radius 2 is 2.00 bits per heavy atom. The van der Waals surface area contributed by atoms with E-state index >= 15 is 0 Å². The molecule has 1 aliphatic heterocycles. The minimum Gasteiger partial charge on any atom is -0.325 e. The lowest BCUT2D eigenvalue weighted by atomic mass is 10.2. The first-order chi connectivity index (χ1) is 8.60. The maximum atomic E-state index is 11.6. The summed E-state index contributed by atoms with van der Waals surface area (Å²) < 4.78 is 0. The second kappa shape index (κ2) is 6.60. The van der Waals surface area contributed by atoms with E-state index in [1.54, 1.807) is 0 Å². The van der Waals surface area contributed by atoms with Gasteiger partial charge in [-0.1, -0.05) is 25.7 Å². The molecule has 0 aromatic carbocycles. The van der Waals surface area contributed by atoms with E-state index in [1.807, 2.05) is 6.92 Å². The molecule has 0 aliphatic carbocycles. The number of unbranched alkanes of at least 4 members (excludes halogenated alkanes) is 2. The van der Waals surface area contributed by atoms with Gasteiger partial charge in [0.2, 0.25) is 5.91 Å². The summed E-state index contributed by atoms with van der Waals surface area (Å²) in [5.41, 5.74) is 0. The van der Waals surface area contributed by atoms with E-state index in [1.165, 1.54) is 0 Å². The van der Waals surface area contributed by atoms with Crippen molar-refractivity contribution in [2.24, 2.45) is 0 Å². The van der Waals surface area contributed by atoms with Crippen molar-refractivity contribution in [2.45, 2.75) is 38.8 Å². The lowest BCUT2D eigenvalue weighted by molar-refractivity contribution is -0.139. The number of nitrogens with zero attached hydrogens (tertiary/aromatic N) is 1. The summed E-state index contributed by atoms with van der Waals surface area (Å²) in [4.78, 5) is 35.2. The minimum absolute atomic E-state index is 0.251. The van der Waals surface area contributed by atoms with Gasteiger partial charge < -0.3 is 5.32 Å². The smallest absolute Gasteiger partial charge is 0.256 e. The molecule has 0 saturated carbocycles. The summed E-state index contributed by atoms with van der Waals surface area (Å²) in [5, 5.41) is 2.50. The van der Waals surface area contributed by atoms with E-state index in [2.05, 4.69) is 11.2 Å². The van der Waals surface area contributed by atoms with Crippen LogP contribution in [0.25, 0.3) is 0 Å². The first-order valence-electron chi connectivity index (χ1n) is 5.91. The molecule has 5 nitrogen and oxygen atoms in total. The first-order valence-corrected chi connectivity index (χ1v) is 5.91. The van der Waals surface area contributed by atoms with Gasteiger partial charge in [0.25, 0.3) is 11.8 Å². The normalized spacial score (nSPS) is 15.7. The highest BCUT2D eigenvalue weighted by atomic mass is 16.2. The molecule has 1 N–H and O–H groups in total. The van der Waals surface area contributed by atoms with E-state index in [-0.39, 0.29) is 5.91 Å². The summed E-state index contributed by atoms with van der Waals surface area (Å²) in [6.45, 7) is 2.04. The molecule has 3 amide bonds. The van der Waals surface area contributed by atoms with Gasteiger partial charge in [-0.3, -0.25) is 14.4 Å². The Morgan fingerprint density at radius 1 is 1.39 bits per heavy atom. The average Bonchev–Trinajstić information content (AvgIpc) is 2.67. The molecule has 1 atom stereocenters. The molecule has 1 rings (SSSR count). The third-order valence-corrected chi connectivity index (χ3v) is 2.56. The van der Waals surface area contributed by atoms with Crippen LogP contribution in [0.1, 0.15) is 32.6 Å². The quantitative estimate of drug-likeness (QED) is 0.424. The van der Waals surface area contributed by atoms with E-state index < -0.39 is 18.0 Å². The Bertz CT molecular complexity index is 402. The highest BCUT2D eigenvalue weighted by Gasteiger charge is 2.30. The van der Waals surface area contributed by atoms with Crippen LogP contribution in [0.2, 0.25) is 0 Å². The Balaban J connectivity index is 2.53. The highest BCUT2D eigenvalue weighted by Crippen LogP contribution is 2.07. The van der Waals surface area contributed by atoms with Crippen molar-refractivity contribution in [3.63, 3.8) is 0 Å². The summed E-state index contributed by atoms with van der Waals surface area (Å²) in [6.07, 6.45) is 9.58. The monoisotopic (exact) mass is 248 g/mol. The van der Waals surface area contributed by atoms with Crippen LogP contribution in [0.5, 0.6) is 0 Å². The molecule has 0 saturated heterocycles. The molecular weight excluding hydrogens is 232 g/mol. The zero-order valence-electron chi connectivity index (χ0n) is 10.3. The maximum absolute atomic E-state index is 11.6. The standard InChI is InChI=1S/C13H16N2O3/c1-3-5-6-7-11(16)14-10(4-2)15-12(17)8-9-13(15)18/h2,8-10H,3,5-7H2,1H3,(H,14,16). The van der Waals surface area contributed by atoms with E-state index in [9.17, 15) is 14.4 Å². The number of amides is 3. The molecule has 0 radical (unpaired) electrons. The number of hydrogen-bond donors (Lipinski definition) is 1. The number of nitrogens with one attached hydrogen (secondary N) is 1. The lowest BCUT2D eigenvalue weighted by Crippen LogP contribution is -2.50. The van der Waals surface area contributed by atoms with Gasteiger partial charge in [0, 0.05) is 18.6 Å². The molecule has 5 heteroatoms. The van der Waals surface area contributed by atoms with Crippen molar-refractivity contribution in [2.75, 3.05) is 0 Å². The van der Waals surface area contributed by atoms with Crippen molar-refractivity contribution < 1.29 is 14.4 Å². The van der Waals surface area contributed by atoms with Crippen molar-refractivity contribution >= 4 is 17.7 Å². The molecule has 0 aromatic rings. The van der Waals surface area contributed by atoms with Crippen LogP contribution in [-0.2, 0) is 14.4 Å². The van der Waals surface area contributed by atoms with E-state index in [4.69, 9.17) is 6.42 Å². The number of rotatable bonds is 6. The molecule has 96 valence electrons. The maximum Gasteiger partial charge on any atom is 0.256 e. The Labute approximate surface area is 106 Å². The molecule has 0 fully saturated rings. The number of hydrogen-bond acceptors (Lipinski definition) is 3. The van der Waals surface area contributed by atoms with Gasteiger partial charge >= 0.3 is 0 Å². The topological polar surface area (TPSA) is 66.5 Å². The summed E-state index contributed by atoms with van der Waals surface area (Å²) >= 11 is 0. The predicted octanol–water partition coefficient (Wildman–Crippen LogP) is 0.567. The summed E-state index contributed by atoms with van der Waals surface area (Å²) in [5.74, 6) is 0.982. The Morgan fingerprint density at radius 3 is 2.50 bits per heavy atom. The van der Waals surface area contributed by atoms with Crippen LogP contribution in [0.15, 0.2) is 12.2 Å². The Hall–Kier alpha value is -2.09. The van der Waals surface area contributed by atoms with Gasteiger partial charge in [-0.2, -0.15) is 0 Å². The SMILES string of the molecule is C#CC(NC(=O)CCCCC)N1C(=O)C=CC1=O. The summed E-state index contributed by atoms with van der Waals surface area (Å²) in [6, 6.07) is 0. The molecule has 18 heavy (non-hydrogen) atoms. The van der Waals surface area contributed by atoms with Crippen LogP contribution in [-0.4, -0.2) is 28.8 Å². The van der Waals surface area contributed by atoms with Gasteiger partial charge in [-0.05, 0) is 6.42 Å². The van der Waals surface area contributed by atoms with Crippen LogP contribution in [0, 0.1) is 12.3 Å². The van der Waals surface area contributed by atoms with Gasteiger partial charge in [0.15, 0.2) is 6.17 Å². The van der Waals surface area contributed by atoms with Gasteiger partial charge in [-0.15, -0.1) is 6.42 Å². The molecule has 1 aliphatic rings. The Kier molecular flexibility index (Phi) is 5.12. The van der Waals surface area contributed by atoms with Crippen LogP contribution < -0.4 is 5.32 Å². The van der Waals surface area contributed by atoms with Crippen molar-refractivity contribution in [3.8, 4) is 12.3 Å².